The molecule has 1 N–H and O–H groups in total. The molecule has 0 unspecified atom stereocenters. The van der Waals surface area contributed by atoms with E-state index in [1.807, 2.05) is 37.4 Å². The Balaban J connectivity index is 0.000000205. The van der Waals surface area contributed by atoms with Crippen molar-refractivity contribution in [3.8, 4) is 0 Å². The molecule has 13 heteroatoms. The highest BCUT2D eigenvalue weighted by atomic mass is 35.5. The number of nitrogens with one attached hydrogen (secondary N) is 1. The summed E-state index contributed by atoms with van der Waals surface area (Å²) >= 11 is 17.5. The molecule has 184 valence electrons. The van der Waals surface area contributed by atoms with Gasteiger partial charge in [0.2, 0.25) is 29.0 Å². The van der Waals surface area contributed by atoms with Crippen molar-refractivity contribution in [3.63, 3.8) is 0 Å². The smallest absolute Gasteiger partial charge is 0.250 e. The Morgan fingerprint density at radius 2 is 1.36 bits per heavy atom. The predicted octanol–water partition coefficient (Wildman–Crippen LogP) is 5.36. The van der Waals surface area contributed by atoms with Gasteiger partial charge in [-0.3, -0.25) is 10.1 Å². The summed E-state index contributed by atoms with van der Waals surface area (Å²) in [5.74, 6) is 0.644. The molecular formula is C23H20Cl3N9O. The van der Waals surface area contributed by atoms with Gasteiger partial charge < -0.3 is 9.80 Å². The van der Waals surface area contributed by atoms with Crippen LogP contribution in [0.4, 0.5) is 29.2 Å². The number of carbonyl (C=O) groups is 1. The van der Waals surface area contributed by atoms with Crippen LogP contribution in [0.5, 0.6) is 0 Å². The van der Waals surface area contributed by atoms with Crippen molar-refractivity contribution in [1.82, 2.24) is 29.9 Å². The molecule has 4 rings (SSSR count). The molecule has 0 radical (unpaired) electrons. The van der Waals surface area contributed by atoms with Crippen molar-refractivity contribution in [1.29, 1.82) is 0 Å². The summed E-state index contributed by atoms with van der Waals surface area (Å²) in [7, 11) is 3.62. The van der Waals surface area contributed by atoms with Gasteiger partial charge in [-0.1, -0.05) is 41.9 Å². The van der Waals surface area contributed by atoms with Crippen molar-refractivity contribution < 1.29 is 4.79 Å². The van der Waals surface area contributed by atoms with Crippen molar-refractivity contribution in [3.05, 3.63) is 89.2 Å². The lowest BCUT2D eigenvalue weighted by Crippen LogP contribution is -2.16. The van der Waals surface area contributed by atoms with E-state index in [0.717, 1.165) is 17.5 Å². The van der Waals surface area contributed by atoms with Crippen molar-refractivity contribution in [2.24, 2.45) is 0 Å². The molecule has 0 aliphatic heterocycles. The van der Waals surface area contributed by atoms with Crippen LogP contribution in [0.25, 0.3) is 0 Å². The fraction of sp³-hybridized carbons (Fsp3) is 0.0870. The van der Waals surface area contributed by atoms with Gasteiger partial charge in [-0.15, -0.1) is 0 Å². The Labute approximate surface area is 222 Å². The molecule has 0 spiro atoms. The molecular weight excluding hydrogens is 525 g/mol. The molecule has 2 heterocycles. The topological polar surface area (TPSA) is 113 Å². The summed E-state index contributed by atoms with van der Waals surface area (Å²) < 4.78 is 0. The maximum absolute atomic E-state index is 11.2. The lowest BCUT2D eigenvalue weighted by Gasteiger charge is -2.17. The first kappa shape index (κ1) is 26.7. The number of anilines is 5. The Kier molecular flexibility index (Phi) is 9.46. The number of amides is 1. The second-order valence-electron chi connectivity index (χ2n) is 6.93. The normalized spacial score (nSPS) is 10.0. The van der Waals surface area contributed by atoms with Crippen LogP contribution in [0.1, 0.15) is 0 Å². The maximum Gasteiger partial charge on any atom is 0.250 e. The highest BCUT2D eigenvalue weighted by Gasteiger charge is 2.10. The van der Waals surface area contributed by atoms with Crippen LogP contribution in [0.3, 0.4) is 0 Å². The average molecular weight is 545 g/mol. The van der Waals surface area contributed by atoms with E-state index in [1.54, 1.807) is 35.0 Å². The zero-order valence-corrected chi connectivity index (χ0v) is 21.4. The molecule has 36 heavy (non-hydrogen) atoms. The number of aromatic nitrogens is 6. The summed E-state index contributed by atoms with van der Waals surface area (Å²) in [6.45, 7) is 3.36. The van der Waals surface area contributed by atoms with Gasteiger partial charge in [0.25, 0.3) is 0 Å². The second-order valence-corrected chi connectivity index (χ2v) is 8.15. The molecule has 2 aromatic heterocycles. The SMILES string of the molecule is C=CC(=O)Nc1ncnc(N(C)c2cccc(Cl)c2)n1.CN(c1cccc(Cl)c1)c1ncnc(Cl)n1. The Morgan fingerprint density at radius 3 is 1.86 bits per heavy atom. The lowest BCUT2D eigenvalue weighted by atomic mass is 10.3. The third-order valence-electron chi connectivity index (χ3n) is 4.50. The van der Waals surface area contributed by atoms with Crippen LogP contribution in [0.2, 0.25) is 15.3 Å². The van der Waals surface area contributed by atoms with Gasteiger partial charge in [0.05, 0.1) is 0 Å². The van der Waals surface area contributed by atoms with E-state index >= 15 is 0 Å². The molecule has 1 amide bonds. The van der Waals surface area contributed by atoms with Gasteiger partial charge in [0.1, 0.15) is 12.7 Å². The number of benzene rings is 2. The molecule has 0 saturated heterocycles. The van der Waals surface area contributed by atoms with Gasteiger partial charge in [0.15, 0.2) is 0 Å². The first-order valence-electron chi connectivity index (χ1n) is 10.2. The molecule has 10 nitrogen and oxygen atoms in total. The molecule has 4 aromatic rings. The number of nitrogens with zero attached hydrogens (tertiary/aromatic N) is 8. The Morgan fingerprint density at radius 1 is 0.833 bits per heavy atom. The van der Waals surface area contributed by atoms with Gasteiger partial charge in [-0.2, -0.15) is 9.97 Å². The first-order chi connectivity index (χ1) is 17.3. The minimum absolute atomic E-state index is 0.161. The number of carbonyl (C=O) groups excluding carboxylic acids is 1. The molecule has 0 atom stereocenters. The molecule has 0 saturated carbocycles. The molecule has 0 fully saturated rings. The predicted molar refractivity (Wildman–Crippen MR) is 143 cm³/mol. The molecule has 2 aromatic carbocycles. The van der Waals surface area contributed by atoms with Crippen molar-refractivity contribution in [2.45, 2.75) is 0 Å². The first-order valence-corrected chi connectivity index (χ1v) is 11.4. The number of halogens is 3. The third-order valence-corrected chi connectivity index (χ3v) is 5.15. The van der Waals surface area contributed by atoms with Crippen LogP contribution >= 0.6 is 34.8 Å². The fourth-order valence-electron chi connectivity index (χ4n) is 2.70. The summed E-state index contributed by atoms with van der Waals surface area (Å²) in [5, 5.41) is 3.91. The Hall–Kier alpha value is -3.86. The van der Waals surface area contributed by atoms with Gasteiger partial charge in [-0.25, -0.2) is 19.9 Å². The highest BCUT2D eigenvalue weighted by molar-refractivity contribution is 6.31. The standard InChI is InChI=1S/C13H12ClN5O.C10H8Cl2N4/c1-3-11(20)17-12-15-8-16-13(18-12)19(2)10-6-4-5-9(14)7-10;1-16(8-4-2-3-7(11)5-8)10-14-6-13-9(12)15-10/h3-8H,1H2,2H3,(H,15,16,17,18,20);2-6H,1H3. The van der Waals surface area contributed by atoms with Crippen LogP contribution in [0.15, 0.2) is 73.8 Å². The van der Waals surface area contributed by atoms with Crippen LogP contribution in [-0.2, 0) is 4.79 Å². The van der Waals surface area contributed by atoms with E-state index in [4.69, 9.17) is 34.8 Å². The number of hydrogen-bond donors (Lipinski definition) is 1. The fourth-order valence-corrected chi connectivity index (χ4v) is 3.19. The average Bonchev–Trinajstić information content (AvgIpc) is 2.88. The minimum atomic E-state index is -0.382. The van der Waals surface area contributed by atoms with Crippen LogP contribution < -0.4 is 15.1 Å². The summed E-state index contributed by atoms with van der Waals surface area (Å²) in [4.78, 5) is 38.6. The third kappa shape index (κ3) is 7.57. The molecule has 0 aliphatic carbocycles. The lowest BCUT2D eigenvalue weighted by molar-refractivity contribution is -0.111. The minimum Gasteiger partial charge on any atom is -0.313 e. The summed E-state index contributed by atoms with van der Waals surface area (Å²) in [6.07, 6.45) is 3.83. The van der Waals surface area contributed by atoms with E-state index in [-0.39, 0.29) is 17.1 Å². The molecule has 0 aliphatic rings. The highest BCUT2D eigenvalue weighted by Crippen LogP contribution is 2.24. The Bertz CT molecular complexity index is 1310. The van der Waals surface area contributed by atoms with E-state index < -0.39 is 0 Å². The molecule has 0 bridgehead atoms. The van der Waals surface area contributed by atoms with Crippen LogP contribution in [-0.4, -0.2) is 49.9 Å². The largest absolute Gasteiger partial charge is 0.313 e. The van der Waals surface area contributed by atoms with Crippen molar-refractivity contribution in [2.75, 3.05) is 29.2 Å². The van der Waals surface area contributed by atoms with E-state index in [1.165, 1.54) is 12.7 Å². The van der Waals surface area contributed by atoms with E-state index in [0.29, 0.717) is 21.9 Å². The van der Waals surface area contributed by atoms with Gasteiger partial charge >= 0.3 is 0 Å². The monoisotopic (exact) mass is 543 g/mol. The number of rotatable bonds is 6. The second kappa shape index (κ2) is 12.7. The zero-order chi connectivity index (χ0) is 26.1. The summed E-state index contributed by atoms with van der Waals surface area (Å²) in [6, 6.07) is 14.7. The van der Waals surface area contributed by atoms with Gasteiger partial charge in [0, 0.05) is 35.5 Å². The summed E-state index contributed by atoms with van der Waals surface area (Å²) in [5.41, 5.74) is 1.71. The van der Waals surface area contributed by atoms with E-state index in [9.17, 15) is 4.79 Å². The van der Waals surface area contributed by atoms with Crippen LogP contribution in [0, 0.1) is 0 Å². The quantitative estimate of drug-likeness (QED) is 0.320. The van der Waals surface area contributed by atoms with Gasteiger partial charge in [-0.05, 0) is 54.1 Å². The number of hydrogen-bond acceptors (Lipinski definition) is 9. The van der Waals surface area contributed by atoms with E-state index in [2.05, 4.69) is 41.8 Å². The maximum atomic E-state index is 11.2. The van der Waals surface area contributed by atoms with Crippen molar-refractivity contribution >= 4 is 69.9 Å². The zero-order valence-electron chi connectivity index (χ0n) is 19.2.